The highest BCUT2D eigenvalue weighted by Gasteiger charge is 2.06. The van der Waals surface area contributed by atoms with Crippen LogP contribution in [-0.4, -0.2) is 6.29 Å². The summed E-state index contributed by atoms with van der Waals surface area (Å²) in [7, 11) is 0. The topological polar surface area (TPSA) is 17.1 Å². The molecule has 110 valence electrons. The molecule has 23 heavy (non-hydrogen) atoms. The Morgan fingerprint density at radius 3 is 1.96 bits per heavy atom. The second-order valence-electron chi connectivity index (χ2n) is 5.87. The minimum Gasteiger partial charge on any atom is -0.298 e. The van der Waals surface area contributed by atoms with E-state index in [9.17, 15) is 4.79 Å². The predicted octanol–water partition coefficient (Wildman–Crippen LogP) is 5.40. The van der Waals surface area contributed by atoms with Gasteiger partial charge in [-0.3, -0.25) is 4.79 Å². The van der Waals surface area contributed by atoms with Crippen molar-refractivity contribution >= 4 is 27.8 Å². The van der Waals surface area contributed by atoms with Crippen molar-refractivity contribution in [3.8, 4) is 0 Å². The zero-order chi connectivity index (χ0) is 15.6. The Balaban J connectivity index is 1.79. The molecule has 0 unspecified atom stereocenters. The van der Waals surface area contributed by atoms with Crippen LogP contribution in [0.5, 0.6) is 0 Å². The van der Waals surface area contributed by atoms with Crippen molar-refractivity contribution < 1.29 is 4.79 Å². The molecule has 0 atom stereocenters. The van der Waals surface area contributed by atoms with Gasteiger partial charge in [0.25, 0.3) is 0 Å². The molecule has 0 amide bonds. The first-order chi connectivity index (χ1) is 11.3. The van der Waals surface area contributed by atoms with Gasteiger partial charge in [0.15, 0.2) is 0 Å². The van der Waals surface area contributed by atoms with Crippen LogP contribution in [0.4, 0.5) is 0 Å². The fourth-order valence-corrected chi connectivity index (χ4v) is 3.14. The molecule has 0 aliphatic carbocycles. The van der Waals surface area contributed by atoms with Crippen LogP contribution < -0.4 is 0 Å². The van der Waals surface area contributed by atoms with Crippen LogP contribution >= 0.6 is 0 Å². The molecule has 0 saturated carbocycles. The van der Waals surface area contributed by atoms with Gasteiger partial charge in [0, 0.05) is 5.56 Å². The van der Waals surface area contributed by atoms with Crippen molar-refractivity contribution in [2.75, 3.05) is 0 Å². The summed E-state index contributed by atoms with van der Waals surface area (Å²) in [6, 6.07) is 27.1. The number of aldehydes is 1. The number of hydrogen-bond acceptors (Lipinski definition) is 1. The fourth-order valence-electron chi connectivity index (χ4n) is 3.14. The van der Waals surface area contributed by atoms with Gasteiger partial charge in [-0.05, 0) is 45.2 Å². The summed E-state index contributed by atoms with van der Waals surface area (Å²) in [4.78, 5) is 11.5. The number of fused-ring (bicyclic) bond motifs is 2. The first-order valence-electron chi connectivity index (χ1n) is 7.78. The molecule has 4 aromatic rings. The van der Waals surface area contributed by atoms with Crippen LogP contribution in [0.3, 0.4) is 0 Å². The minimum atomic E-state index is 0.768. The molecule has 1 nitrogen and oxygen atoms in total. The SMILES string of the molecule is O=Cc1cc2ccccc2cc1Cc1ccc2ccccc2c1. The first-order valence-corrected chi connectivity index (χ1v) is 7.78. The van der Waals surface area contributed by atoms with Crippen molar-refractivity contribution in [3.05, 3.63) is 95.6 Å². The van der Waals surface area contributed by atoms with Crippen LogP contribution in [0, 0.1) is 0 Å². The molecule has 0 aliphatic heterocycles. The molecule has 0 bridgehead atoms. The summed E-state index contributed by atoms with van der Waals surface area (Å²) >= 11 is 0. The summed E-state index contributed by atoms with van der Waals surface area (Å²) in [6.07, 6.45) is 1.73. The van der Waals surface area contributed by atoms with Gasteiger partial charge in [-0.1, -0.05) is 72.8 Å². The zero-order valence-electron chi connectivity index (χ0n) is 12.7. The van der Waals surface area contributed by atoms with Gasteiger partial charge in [0.1, 0.15) is 6.29 Å². The van der Waals surface area contributed by atoms with E-state index in [0.29, 0.717) is 0 Å². The molecule has 1 heteroatoms. The van der Waals surface area contributed by atoms with Gasteiger partial charge in [-0.25, -0.2) is 0 Å². The van der Waals surface area contributed by atoms with Gasteiger partial charge in [-0.15, -0.1) is 0 Å². The third-order valence-electron chi connectivity index (χ3n) is 4.34. The second kappa shape index (κ2) is 5.69. The lowest BCUT2D eigenvalue weighted by Crippen LogP contribution is -1.95. The normalized spacial score (nSPS) is 11.0. The molecule has 4 rings (SSSR count). The van der Waals surface area contributed by atoms with Crippen molar-refractivity contribution in [3.63, 3.8) is 0 Å². The number of carbonyl (C=O) groups is 1. The van der Waals surface area contributed by atoms with Crippen LogP contribution in [0.1, 0.15) is 21.5 Å². The van der Waals surface area contributed by atoms with E-state index in [0.717, 1.165) is 29.2 Å². The number of rotatable bonds is 3. The second-order valence-corrected chi connectivity index (χ2v) is 5.87. The highest BCUT2D eigenvalue weighted by molar-refractivity contribution is 5.91. The summed E-state index contributed by atoms with van der Waals surface area (Å²) in [5.74, 6) is 0. The molecule has 0 spiro atoms. The van der Waals surface area contributed by atoms with Crippen LogP contribution in [0.25, 0.3) is 21.5 Å². The van der Waals surface area contributed by atoms with E-state index < -0.39 is 0 Å². The fraction of sp³-hybridized carbons (Fsp3) is 0.0455. The molecular weight excluding hydrogens is 280 g/mol. The molecular formula is C22H16O. The standard InChI is InChI=1S/C22H16O/c23-15-22-14-20-8-4-3-7-19(20)13-21(22)12-16-9-10-17-5-1-2-6-18(17)11-16/h1-11,13-15H,12H2. The van der Waals surface area contributed by atoms with Gasteiger partial charge in [0.2, 0.25) is 0 Å². The molecule has 0 heterocycles. The predicted molar refractivity (Wildman–Crippen MR) is 96.1 cm³/mol. The Kier molecular flexibility index (Phi) is 3.39. The van der Waals surface area contributed by atoms with Gasteiger partial charge in [-0.2, -0.15) is 0 Å². The van der Waals surface area contributed by atoms with E-state index in [-0.39, 0.29) is 0 Å². The Labute approximate surface area is 135 Å². The van der Waals surface area contributed by atoms with E-state index in [2.05, 4.69) is 54.6 Å². The van der Waals surface area contributed by atoms with Crippen molar-refractivity contribution in [1.29, 1.82) is 0 Å². The molecule has 0 N–H and O–H groups in total. The monoisotopic (exact) mass is 296 g/mol. The molecule has 0 aliphatic rings. The summed E-state index contributed by atoms with van der Waals surface area (Å²) in [6.45, 7) is 0. The molecule has 0 aromatic heterocycles. The summed E-state index contributed by atoms with van der Waals surface area (Å²) in [5.41, 5.74) is 3.08. The average Bonchev–Trinajstić information content (AvgIpc) is 2.61. The van der Waals surface area contributed by atoms with Gasteiger partial charge < -0.3 is 0 Å². The molecule has 0 radical (unpaired) electrons. The van der Waals surface area contributed by atoms with E-state index in [1.54, 1.807) is 0 Å². The van der Waals surface area contributed by atoms with Crippen LogP contribution in [-0.2, 0) is 6.42 Å². The lowest BCUT2D eigenvalue weighted by atomic mass is 9.95. The zero-order valence-corrected chi connectivity index (χ0v) is 12.7. The number of hydrogen-bond donors (Lipinski definition) is 0. The van der Waals surface area contributed by atoms with Crippen molar-refractivity contribution in [2.24, 2.45) is 0 Å². The number of benzene rings is 4. The lowest BCUT2D eigenvalue weighted by molar-refractivity contribution is 0.112. The largest absolute Gasteiger partial charge is 0.298 e. The van der Waals surface area contributed by atoms with Crippen LogP contribution in [0.15, 0.2) is 78.9 Å². The van der Waals surface area contributed by atoms with Crippen molar-refractivity contribution in [1.82, 2.24) is 0 Å². The van der Waals surface area contributed by atoms with E-state index in [1.165, 1.54) is 21.7 Å². The Morgan fingerprint density at radius 2 is 1.26 bits per heavy atom. The Bertz CT molecular complexity index is 1010. The average molecular weight is 296 g/mol. The maximum absolute atomic E-state index is 11.5. The minimum absolute atomic E-state index is 0.768. The molecule has 0 saturated heterocycles. The van der Waals surface area contributed by atoms with Gasteiger partial charge in [0.05, 0.1) is 0 Å². The highest BCUT2D eigenvalue weighted by atomic mass is 16.1. The highest BCUT2D eigenvalue weighted by Crippen LogP contribution is 2.23. The first kappa shape index (κ1) is 13.7. The van der Waals surface area contributed by atoms with Gasteiger partial charge >= 0.3 is 0 Å². The lowest BCUT2D eigenvalue weighted by Gasteiger charge is -2.09. The Hall–Kier alpha value is -2.93. The third-order valence-corrected chi connectivity index (χ3v) is 4.34. The maximum Gasteiger partial charge on any atom is 0.150 e. The number of carbonyl (C=O) groups excluding carboxylic acids is 1. The smallest absolute Gasteiger partial charge is 0.150 e. The summed E-state index contributed by atoms with van der Waals surface area (Å²) < 4.78 is 0. The van der Waals surface area contributed by atoms with Crippen molar-refractivity contribution in [2.45, 2.75) is 6.42 Å². The quantitative estimate of drug-likeness (QED) is 0.463. The van der Waals surface area contributed by atoms with E-state index in [1.807, 2.05) is 24.3 Å². The summed E-state index contributed by atoms with van der Waals surface area (Å²) in [5, 5.41) is 4.76. The van der Waals surface area contributed by atoms with Crippen LogP contribution in [0.2, 0.25) is 0 Å². The maximum atomic E-state index is 11.5. The molecule has 0 fully saturated rings. The van der Waals surface area contributed by atoms with E-state index in [4.69, 9.17) is 0 Å². The molecule has 4 aromatic carbocycles. The van der Waals surface area contributed by atoms with E-state index >= 15 is 0 Å². The third kappa shape index (κ3) is 2.62. The Morgan fingerprint density at radius 1 is 0.652 bits per heavy atom.